The van der Waals surface area contributed by atoms with E-state index in [2.05, 4.69) is 218 Å². The Kier molecular flexibility index (Phi) is 10.4. The van der Waals surface area contributed by atoms with Crippen molar-refractivity contribution in [2.45, 2.75) is 26.7 Å². The van der Waals surface area contributed by atoms with Gasteiger partial charge in [-0.2, -0.15) is 0 Å². The van der Waals surface area contributed by atoms with Crippen molar-refractivity contribution in [2.75, 3.05) is 10.2 Å². The number of benzene rings is 12. The fourth-order valence-corrected chi connectivity index (χ4v) is 11.6. The van der Waals surface area contributed by atoms with Gasteiger partial charge in [-0.05, 0) is 145 Å². The lowest BCUT2D eigenvalue weighted by atomic mass is 9.84. The summed E-state index contributed by atoms with van der Waals surface area (Å²) in [5.74, 6) is 0.504. The van der Waals surface area contributed by atoms with Gasteiger partial charge in [0.05, 0.1) is 17.1 Å². The zero-order valence-electron chi connectivity index (χ0n) is 40.1. The zero-order chi connectivity index (χ0) is 48.5. The molecule has 4 nitrogen and oxygen atoms in total. The number of anilines is 5. The summed E-state index contributed by atoms with van der Waals surface area (Å²) in [5.41, 5.74) is 19.8. The molecule has 0 unspecified atom stereocenters. The smallest absolute Gasteiger partial charge is 0.146 e. The van der Waals surface area contributed by atoms with Gasteiger partial charge in [0.2, 0.25) is 0 Å². The molecule has 2 bridgehead atoms. The van der Waals surface area contributed by atoms with Gasteiger partial charge in [0.25, 0.3) is 0 Å². The highest BCUT2D eigenvalue weighted by Crippen LogP contribution is 2.51. The summed E-state index contributed by atoms with van der Waals surface area (Å²) in [6.07, 6.45) is 1.53. The molecule has 72 heavy (non-hydrogen) atoms. The van der Waals surface area contributed by atoms with Gasteiger partial charge in [-0.1, -0.05) is 182 Å². The minimum atomic E-state index is 0.200. The van der Waals surface area contributed by atoms with Crippen LogP contribution in [0.1, 0.15) is 33.4 Å². The molecule has 1 aliphatic rings. The number of fused-ring (bicyclic) bond motifs is 6. The minimum Gasteiger partial charge on any atom is -0.507 e. The first kappa shape index (κ1) is 42.9. The Hall–Kier alpha value is -9.12. The van der Waals surface area contributed by atoms with Crippen LogP contribution in [-0.4, -0.2) is 10.2 Å². The van der Waals surface area contributed by atoms with Crippen LogP contribution >= 0.6 is 0 Å². The molecule has 0 fully saturated rings. The second kappa shape index (κ2) is 17.4. The number of nitrogens with one attached hydrogen (secondary N) is 1. The molecule has 0 radical (unpaired) electrons. The monoisotopic (exact) mass is 926 g/mol. The predicted molar refractivity (Wildman–Crippen MR) is 301 cm³/mol. The second-order valence-corrected chi connectivity index (χ2v) is 19.3. The third kappa shape index (κ3) is 7.22. The average molecular weight is 927 g/mol. The fourth-order valence-electron chi connectivity index (χ4n) is 11.6. The van der Waals surface area contributed by atoms with Crippen molar-refractivity contribution in [3.63, 3.8) is 0 Å². The zero-order valence-corrected chi connectivity index (χ0v) is 40.1. The Labute approximate surface area is 419 Å². The van der Waals surface area contributed by atoms with Crippen LogP contribution in [0.25, 0.3) is 76.8 Å². The maximum Gasteiger partial charge on any atom is 0.146 e. The number of para-hydroxylation sites is 2. The molecule has 0 aromatic heterocycles. The highest BCUT2D eigenvalue weighted by molar-refractivity contribution is 6.28. The lowest BCUT2D eigenvalue weighted by Crippen LogP contribution is -2.14. The van der Waals surface area contributed by atoms with Crippen LogP contribution in [0.15, 0.2) is 224 Å². The molecule has 0 aliphatic heterocycles. The second-order valence-electron chi connectivity index (χ2n) is 19.3. The van der Waals surface area contributed by atoms with E-state index >= 15 is 0 Å². The van der Waals surface area contributed by atoms with Crippen LogP contribution < -0.4 is 10.2 Å². The summed E-state index contributed by atoms with van der Waals surface area (Å²) in [4.78, 5) is 2.42. The van der Waals surface area contributed by atoms with E-state index in [1.165, 1.54) is 38.8 Å². The number of aromatic hydroxyl groups is 2. The van der Waals surface area contributed by atoms with Crippen LogP contribution in [0.3, 0.4) is 0 Å². The van der Waals surface area contributed by atoms with Crippen molar-refractivity contribution in [2.24, 2.45) is 0 Å². The largest absolute Gasteiger partial charge is 0.507 e. The van der Waals surface area contributed by atoms with E-state index in [9.17, 15) is 10.2 Å². The van der Waals surface area contributed by atoms with E-state index in [0.717, 1.165) is 101 Å². The maximum absolute atomic E-state index is 12.2. The summed E-state index contributed by atoms with van der Waals surface area (Å²) in [6, 6.07) is 79.3. The van der Waals surface area contributed by atoms with Crippen molar-refractivity contribution in [1.82, 2.24) is 0 Å². The minimum absolute atomic E-state index is 0.200. The number of phenols is 2. The summed E-state index contributed by atoms with van der Waals surface area (Å²) in [6.45, 7) is 4.33. The van der Waals surface area contributed by atoms with Crippen LogP contribution in [0.5, 0.6) is 11.5 Å². The molecular formula is C68H50N2O2. The first-order chi connectivity index (χ1) is 35.4. The molecule has 0 spiro atoms. The molecule has 3 N–H and O–H groups in total. The van der Waals surface area contributed by atoms with E-state index in [1.54, 1.807) is 0 Å². The molecule has 4 heteroatoms. The summed E-state index contributed by atoms with van der Waals surface area (Å²) in [7, 11) is 0. The standard InChI is InChI=1S/C68H50N2O2/c1-42-14-8-22-51(38-42)70(62-29-13-25-54-56-27-11-26-55(67(56)71)52-23-7-6-18-48(52)41-59(54)62)63-37-33-46-30-34-57-60(36-32-45-31-35-58(63)66(46)65(45)57)69-61-28-12-24-53(68(61)72)47-19-10-21-50(40-47)64-43(2)15-9-20-49(64)39-44-16-4-3-5-17-44/h3-38,40,69,71-72H,39,41H2,1-2H3. The van der Waals surface area contributed by atoms with E-state index in [-0.39, 0.29) is 5.75 Å². The molecule has 0 heterocycles. The Morgan fingerprint density at radius 2 is 1.11 bits per heavy atom. The van der Waals surface area contributed by atoms with Gasteiger partial charge in [0.1, 0.15) is 11.5 Å². The predicted octanol–water partition coefficient (Wildman–Crippen LogP) is 18.0. The molecule has 0 amide bonds. The molecule has 1 aliphatic carbocycles. The Balaban J connectivity index is 0.924. The molecule has 12 aromatic rings. The van der Waals surface area contributed by atoms with E-state index in [4.69, 9.17) is 0 Å². The number of rotatable bonds is 9. The Morgan fingerprint density at radius 1 is 0.458 bits per heavy atom. The lowest BCUT2D eigenvalue weighted by molar-refractivity contribution is 0.479. The normalized spacial score (nSPS) is 11.9. The molecule has 12 aromatic carbocycles. The molecule has 13 rings (SSSR count). The lowest BCUT2D eigenvalue weighted by Gasteiger charge is -2.32. The van der Waals surface area contributed by atoms with Gasteiger partial charge in [-0.15, -0.1) is 0 Å². The maximum atomic E-state index is 12.2. The van der Waals surface area contributed by atoms with Crippen molar-refractivity contribution < 1.29 is 10.2 Å². The Bertz CT molecular complexity index is 4080. The molecule has 0 saturated carbocycles. The first-order valence-corrected chi connectivity index (χ1v) is 24.8. The van der Waals surface area contributed by atoms with Gasteiger partial charge >= 0.3 is 0 Å². The van der Waals surface area contributed by atoms with E-state index < -0.39 is 0 Å². The quantitative estimate of drug-likeness (QED) is 0.0997. The molecule has 0 saturated heterocycles. The van der Waals surface area contributed by atoms with Gasteiger partial charge in [0, 0.05) is 45.3 Å². The molecular weight excluding hydrogens is 877 g/mol. The molecule has 344 valence electrons. The van der Waals surface area contributed by atoms with Gasteiger partial charge < -0.3 is 20.4 Å². The van der Waals surface area contributed by atoms with Crippen molar-refractivity contribution in [3.05, 3.63) is 258 Å². The van der Waals surface area contributed by atoms with Crippen LogP contribution in [0.2, 0.25) is 0 Å². The summed E-state index contributed by atoms with van der Waals surface area (Å²) < 4.78 is 0. The first-order valence-electron chi connectivity index (χ1n) is 24.8. The van der Waals surface area contributed by atoms with Crippen LogP contribution in [0.4, 0.5) is 28.4 Å². The molecule has 0 atom stereocenters. The number of phenolic OH excluding ortho intramolecular Hbond substituents is 2. The third-order valence-corrected chi connectivity index (χ3v) is 14.9. The Morgan fingerprint density at radius 3 is 1.97 bits per heavy atom. The third-order valence-electron chi connectivity index (χ3n) is 14.9. The van der Waals surface area contributed by atoms with E-state index in [1.807, 2.05) is 30.3 Å². The number of hydrogen-bond acceptors (Lipinski definition) is 4. The number of nitrogens with zero attached hydrogens (tertiary/aromatic N) is 1. The highest BCUT2D eigenvalue weighted by Gasteiger charge is 2.27. The fraction of sp³-hybridized carbons (Fsp3) is 0.0588. The average Bonchev–Trinajstić information content (AvgIpc) is 3.40. The van der Waals surface area contributed by atoms with Crippen LogP contribution in [-0.2, 0) is 12.8 Å². The highest BCUT2D eigenvalue weighted by atomic mass is 16.3. The number of hydrogen-bond donors (Lipinski definition) is 3. The van der Waals surface area contributed by atoms with Gasteiger partial charge in [-0.25, -0.2) is 0 Å². The van der Waals surface area contributed by atoms with E-state index in [0.29, 0.717) is 17.9 Å². The van der Waals surface area contributed by atoms with Crippen molar-refractivity contribution >= 4 is 60.8 Å². The summed E-state index contributed by atoms with van der Waals surface area (Å²) >= 11 is 0. The SMILES string of the molecule is Cc1cccc(N(c2cccc3c2Cc2ccccc2-c2cccc-3c2O)c2ccc3ccc4c(Nc5cccc(-c6cccc(-c7c(C)cccc7Cc7ccccc7)c6)c5O)ccc5ccc2c3c54)c1. The van der Waals surface area contributed by atoms with Gasteiger partial charge in [0.15, 0.2) is 0 Å². The van der Waals surface area contributed by atoms with Crippen molar-refractivity contribution in [1.29, 1.82) is 0 Å². The topological polar surface area (TPSA) is 55.7 Å². The number of aryl methyl sites for hydroxylation is 2. The summed E-state index contributed by atoms with van der Waals surface area (Å²) in [5, 5.41) is 34.6. The van der Waals surface area contributed by atoms with Crippen LogP contribution in [0, 0.1) is 13.8 Å². The van der Waals surface area contributed by atoms with Gasteiger partial charge in [-0.3, -0.25) is 0 Å². The van der Waals surface area contributed by atoms with Crippen molar-refractivity contribution in [3.8, 4) is 56.0 Å².